The lowest BCUT2D eigenvalue weighted by molar-refractivity contribution is -0.140. The average molecular weight is 731 g/mol. The van der Waals surface area contributed by atoms with Crippen LogP contribution in [0.1, 0.15) is 24.5 Å². The first kappa shape index (κ1) is 36.5. The molecule has 5 rings (SSSR count). The van der Waals surface area contributed by atoms with E-state index in [-0.39, 0.29) is 29.5 Å². The number of hydrogen-bond donors (Lipinski definition) is 1. The minimum absolute atomic E-state index is 0.00577. The Morgan fingerprint density at radius 2 is 1.38 bits per heavy atom. The molecule has 0 bridgehead atoms. The van der Waals surface area contributed by atoms with Crippen molar-refractivity contribution in [3.63, 3.8) is 0 Å². The molecule has 0 spiro atoms. The van der Waals surface area contributed by atoms with Gasteiger partial charge in [-0.3, -0.25) is 13.9 Å². The Morgan fingerprint density at radius 3 is 2.00 bits per heavy atom. The molecule has 0 aromatic heterocycles. The number of nitrogens with zero attached hydrogens (tertiary/aromatic N) is 2. The highest BCUT2D eigenvalue weighted by Crippen LogP contribution is 2.29. The molecule has 0 heterocycles. The van der Waals surface area contributed by atoms with Gasteiger partial charge in [0.05, 0.1) is 10.6 Å². The van der Waals surface area contributed by atoms with Crippen LogP contribution in [0.15, 0.2) is 138 Å². The fourth-order valence-electron chi connectivity index (χ4n) is 5.31. The van der Waals surface area contributed by atoms with Gasteiger partial charge in [0, 0.05) is 29.6 Å². The zero-order chi connectivity index (χ0) is 35.5. The Balaban J connectivity index is 1.56. The highest BCUT2D eigenvalue weighted by Gasteiger charge is 2.35. The van der Waals surface area contributed by atoms with Crippen LogP contribution >= 0.6 is 23.2 Å². The number of carbonyl (C=O) groups excluding carboxylic acids is 2. The van der Waals surface area contributed by atoms with E-state index in [0.29, 0.717) is 40.1 Å². The summed E-state index contributed by atoms with van der Waals surface area (Å²) >= 11 is 12.8. The second-order valence-electron chi connectivity index (χ2n) is 11.5. The molecule has 0 saturated carbocycles. The molecule has 5 aromatic carbocycles. The summed E-state index contributed by atoms with van der Waals surface area (Å²) in [4.78, 5) is 29.9. The van der Waals surface area contributed by atoms with Crippen molar-refractivity contribution in [2.24, 2.45) is 0 Å². The summed E-state index contributed by atoms with van der Waals surface area (Å²) in [6, 6.07) is 36.8. The minimum atomic E-state index is -4.26. The number of halogens is 2. The van der Waals surface area contributed by atoms with Crippen LogP contribution in [0.4, 0.5) is 5.69 Å². The van der Waals surface area contributed by atoms with Crippen LogP contribution in [0, 0.1) is 0 Å². The largest absolute Gasteiger partial charge is 0.457 e. The van der Waals surface area contributed by atoms with Crippen molar-refractivity contribution in [2.75, 3.05) is 17.4 Å². The van der Waals surface area contributed by atoms with Crippen LogP contribution in [-0.4, -0.2) is 44.3 Å². The van der Waals surface area contributed by atoms with Gasteiger partial charge in [0.1, 0.15) is 24.1 Å². The lowest BCUT2D eigenvalue weighted by Gasteiger charge is -2.34. The summed E-state index contributed by atoms with van der Waals surface area (Å²) in [5, 5.41) is 3.66. The second-order valence-corrected chi connectivity index (χ2v) is 14.2. The lowest BCUT2D eigenvalue weighted by atomic mass is 10.0. The monoisotopic (exact) mass is 729 g/mol. The molecule has 258 valence electrons. The normalized spacial score (nSPS) is 11.7. The first-order chi connectivity index (χ1) is 24.2. The molecule has 0 unspecified atom stereocenters. The molecule has 5 aromatic rings. The van der Waals surface area contributed by atoms with Crippen LogP contribution in [0.5, 0.6) is 11.5 Å². The maximum Gasteiger partial charge on any atom is 0.264 e. The maximum absolute atomic E-state index is 14.7. The van der Waals surface area contributed by atoms with E-state index in [9.17, 15) is 18.0 Å². The van der Waals surface area contributed by atoms with Crippen LogP contribution < -0.4 is 14.4 Å². The summed E-state index contributed by atoms with van der Waals surface area (Å²) < 4.78 is 35.5. The number of ether oxygens (including phenoxy) is 1. The maximum atomic E-state index is 14.7. The smallest absolute Gasteiger partial charge is 0.264 e. The van der Waals surface area contributed by atoms with Gasteiger partial charge in [-0.1, -0.05) is 103 Å². The van der Waals surface area contributed by atoms with Crippen molar-refractivity contribution >= 4 is 50.7 Å². The fourth-order valence-corrected chi connectivity index (χ4v) is 7.21. The molecule has 1 atom stereocenters. The summed E-state index contributed by atoms with van der Waals surface area (Å²) in [5.74, 6) is 0.131. The molecule has 2 amide bonds. The van der Waals surface area contributed by atoms with Crippen molar-refractivity contribution in [3.05, 3.63) is 155 Å². The van der Waals surface area contributed by atoms with E-state index in [1.165, 1.54) is 17.0 Å². The first-order valence-corrected chi connectivity index (χ1v) is 18.3. The molecule has 0 aliphatic carbocycles. The fraction of sp³-hybridized carbons (Fsp3) is 0.179. The highest BCUT2D eigenvalue weighted by atomic mass is 35.5. The molecule has 11 heteroatoms. The zero-order valence-corrected chi connectivity index (χ0v) is 29.7. The number of anilines is 1. The van der Waals surface area contributed by atoms with Crippen molar-refractivity contribution < 1.29 is 22.7 Å². The van der Waals surface area contributed by atoms with E-state index >= 15 is 0 Å². The van der Waals surface area contributed by atoms with Gasteiger partial charge in [0.15, 0.2) is 0 Å². The van der Waals surface area contributed by atoms with Crippen molar-refractivity contribution in [1.82, 2.24) is 10.2 Å². The third-order valence-electron chi connectivity index (χ3n) is 7.89. The number of carbonyl (C=O) groups is 2. The molecule has 0 aliphatic heterocycles. The molecule has 0 aliphatic rings. The number of sulfonamides is 1. The number of rotatable bonds is 15. The van der Waals surface area contributed by atoms with Gasteiger partial charge in [-0.15, -0.1) is 0 Å². The van der Waals surface area contributed by atoms with E-state index < -0.39 is 28.5 Å². The number of benzene rings is 5. The van der Waals surface area contributed by atoms with E-state index in [0.717, 1.165) is 9.87 Å². The highest BCUT2D eigenvalue weighted by molar-refractivity contribution is 7.92. The lowest BCUT2D eigenvalue weighted by Crippen LogP contribution is -2.53. The van der Waals surface area contributed by atoms with Gasteiger partial charge in [-0.2, -0.15) is 0 Å². The Bertz CT molecular complexity index is 1980. The van der Waals surface area contributed by atoms with E-state index in [1.54, 1.807) is 60.7 Å². The first-order valence-electron chi connectivity index (χ1n) is 16.1. The van der Waals surface area contributed by atoms with Crippen LogP contribution in [0.2, 0.25) is 10.0 Å². The predicted molar refractivity (Wildman–Crippen MR) is 198 cm³/mol. The number of hydrogen-bond acceptors (Lipinski definition) is 5. The number of amides is 2. The Labute approximate surface area is 303 Å². The van der Waals surface area contributed by atoms with Gasteiger partial charge < -0.3 is 15.0 Å². The average Bonchev–Trinajstić information content (AvgIpc) is 3.13. The molecule has 0 saturated heterocycles. The number of nitrogens with one attached hydrogen (secondary N) is 1. The standard InChI is InChI=1S/C39H37Cl2N3O5S/c1-2-24-42-39(46)37(25-29-12-6-3-7-13-29)43(27-30-18-19-31(40)26-36(30)41)38(45)28-44(50(47,48)35-16-10-5-11-17-35)32-20-22-34(23-21-32)49-33-14-8-4-9-15-33/h3-23,26,37H,2,24-25,27-28H2,1H3,(H,42,46)/t37-/m0/s1. The van der Waals surface area contributed by atoms with E-state index in [4.69, 9.17) is 27.9 Å². The van der Waals surface area contributed by atoms with Gasteiger partial charge in [-0.25, -0.2) is 8.42 Å². The summed E-state index contributed by atoms with van der Waals surface area (Å²) in [7, 11) is -4.26. The molecular formula is C39H37Cl2N3O5S. The van der Waals surface area contributed by atoms with Crippen LogP contribution in [0.25, 0.3) is 0 Å². The molecule has 0 fully saturated rings. The SMILES string of the molecule is CCCNC(=O)[C@H](Cc1ccccc1)N(Cc1ccc(Cl)cc1Cl)C(=O)CN(c1ccc(Oc2ccccc2)cc1)S(=O)(=O)c1ccccc1. The molecule has 8 nitrogen and oxygen atoms in total. The van der Waals surface area contributed by atoms with Crippen molar-refractivity contribution in [2.45, 2.75) is 37.2 Å². The number of para-hydroxylation sites is 1. The van der Waals surface area contributed by atoms with E-state index in [2.05, 4.69) is 5.32 Å². The summed E-state index contributed by atoms with van der Waals surface area (Å²) in [5.41, 5.74) is 1.61. The third-order valence-corrected chi connectivity index (χ3v) is 10.3. The molecule has 50 heavy (non-hydrogen) atoms. The van der Waals surface area contributed by atoms with Gasteiger partial charge in [-0.05, 0) is 78.2 Å². The Morgan fingerprint density at radius 1 is 0.780 bits per heavy atom. The van der Waals surface area contributed by atoms with Gasteiger partial charge >= 0.3 is 0 Å². The Hall–Kier alpha value is -4.83. The third kappa shape index (κ3) is 9.44. The summed E-state index contributed by atoms with van der Waals surface area (Å²) in [6.07, 6.45) is 0.873. The predicted octanol–water partition coefficient (Wildman–Crippen LogP) is 8.15. The second kappa shape index (κ2) is 17.2. The van der Waals surface area contributed by atoms with Gasteiger partial charge in [0.2, 0.25) is 11.8 Å². The van der Waals surface area contributed by atoms with Crippen LogP contribution in [0.3, 0.4) is 0 Å². The van der Waals surface area contributed by atoms with Crippen molar-refractivity contribution in [1.29, 1.82) is 0 Å². The summed E-state index contributed by atoms with van der Waals surface area (Å²) in [6.45, 7) is 1.66. The molecular weight excluding hydrogens is 693 g/mol. The molecule has 1 N–H and O–H groups in total. The quantitative estimate of drug-likeness (QED) is 0.117. The van der Waals surface area contributed by atoms with Gasteiger partial charge in [0.25, 0.3) is 10.0 Å². The zero-order valence-electron chi connectivity index (χ0n) is 27.4. The molecule has 0 radical (unpaired) electrons. The Kier molecular flexibility index (Phi) is 12.5. The van der Waals surface area contributed by atoms with E-state index in [1.807, 2.05) is 67.6 Å². The minimum Gasteiger partial charge on any atom is -0.457 e. The van der Waals surface area contributed by atoms with Crippen molar-refractivity contribution in [3.8, 4) is 11.5 Å². The topological polar surface area (TPSA) is 96.0 Å². The van der Waals surface area contributed by atoms with Crippen LogP contribution in [-0.2, 0) is 32.6 Å².